The molecule has 0 aliphatic rings. The van der Waals surface area contributed by atoms with Crippen LogP contribution in [0.15, 0.2) is 72.9 Å². The second kappa shape index (κ2) is 6.76. The van der Waals surface area contributed by atoms with Gasteiger partial charge in [0.1, 0.15) is 0 Å². The molecule has 0 amide bonds. The van der Waals surface area contributed by atoms with E-state index in [1.165, 1.54) is 44.3 Å². The smallest absolute Gasteiger partial charge is 0.0710 e. The molecule has 1 nitrogen and oxygen atoms in total. The minimum Gasteiger partial charge on any atom is -0.256 e. The molecule has 0 bridgehead atoms. The lowest BCUT2D eigenvalue weighted by atomic mass is 9.90. The molecule has 0 spiro atoms. The first-order chi connectivity index (χ1) is 12.6. The maximum absolute atomic E-state index is 4.57. The molecule has 0 unspecified atom stereocenters. The number of aryl methyl sites for hydroxylation is 3. The zero-order valence-electron chi connectivity index (χ0n) is 15.6. The van der Waals surface area contributed by atoms with Crippen molar-refractivity contribution in [1.82, 2.24) is 4.98 Å². The standard InChI is InChI=1S/C25H23N/c1-17-6-9-20(10-7-17)16-21-11-8-18(2)13-23(21)24-14-19(3)15-25-22(24)5-4-12-26-25/h4-15H,16H2,1-3H3. The Hall–Kier alpha value is -2.93. The van der Waals surface area contributed by atoms with Gasteiger partial charge in [-0.15, -0.1) is 0 Å². The van der Waals surface area contributed by atoms with Crippen molar-refractivity contribution in [3.05, 3.63) is 101 Å². The molecule has 1 heteroatoms. The second-order valence-corrected chi connectivity index (χ2v) is 7.21. The highest BCUT2D eigenvalue weighted by molar-refractivity contribution is 5.96. The van der Waals surface area contributed by atoms with Crippen molar-refractivity contribution >= 4 is 10.9 Å². The molecule has 0 radical (unpaired) electrons. The lowest BCUT2D eigenvalue weighted by Crippen LogP contribution is -1.95. The van der Waals surface area contributed by atoms with Crippen molar-refractivity contribution in [2.75, 3.05) is 0 Å². The fraction of sp³-hybridized carbons (Fsp3) is 0.160. The zero-order chi connectivity index (χ0) is 18.1. The van der Waals surface area contributed by atoms with Gasteiger partial charge in [0.15, 0.2) is 0 Å². The Morgan fingerprint density at radius 1 is 0.692 bits per heavy atom. The summed E-state index contributed by atoms with van der Waals surface area (Å²) in [5.41, 5.74) is 10.2. The first-order valence-corrected chi connectivity index (χ1v) is 9.11. The van der Waals surface area contributed by atoms with E-state index >= 15 is 0 Å². The summed E-state index contributed by atoms with van der Waals surface area (Å²) in [6.07, 6.45) is 2.81. The van der Waals surface area contributed by atoms with Crippen LogP contribution in [0.5, 0.6) is 0 Å². The van der Waals surface area contributed by atoms with Crippen LogP contribution in [0.3, 0.4) is 0 Å². The van der Waals surface area contributed by atoms with Gasteiger partial charge in [0.25, 0.3) is 0 Å². The number of hydrogen-bond donors (Lipinski definition) is 0. The summed E-state index contributed by atoms with van der Waals surface area (Å²) in [5.74, 6) is 0. The van der Waals surface area contributed by atoms with Crippen LogP contribution in [0.1, 0.15) is 27.8 Å². The molecule has 3 aromatic carbocycles. The monoisotopic (exact) mass is 337 g/mol. The van der Waals surface area contributed by atoms with Crippen LogP contribution in [0.25, 0.3) is 22.0 Å². The Labute approximate surface area is 155 Å². The summed E-state index contributed by atoms with van der Waals surface area (Å²) in [6.45, 7) is 6.44. The number of rotatable bonds is 3. The minimum absolute atomic E-state index is 0.936. The molecule has 1 aromatic heterocycles. The molecule has 4 aromatic rings. The van der Waals surface area contributed by atoms with Crippen molar-refractivity contribution in [2.24, 2.45) is 0 Å². The first-order valence-electron chi connectivity index (χ1n) is 9.11. The van der Waals surface area contributed by atoms with Gasteiger partial charge in [0.05, 0.1) is 5.52 Å². The molecule has 0 saturated heterocycles. The van der Waals surface area contributed by atoms with Crippen molar-refractivity contribution in [3.8, 4) is 11.1 Å². The van der Waals surface area contributed by atoms with Crippen LogP contribution < -0.4 is 0 Å². The number of benzene rings is 3. The predicted octanol–water partition coefficient (Wildman–Crippen LogP) is 6.42. The summed E-state index contributed by atoms with van der Waals surface area (Å²) < 4.78 is 0. The van der Waals surface area contributed by atoms with Crippen LogP contribution in [-0.2, 0) is 6.42 Å². The first kappa shape index (κ1) is 16.5. The third kappa shape index (κ3) is 3.25. The fourth-order valence-electron chi connectivity index (χ4n) is 3.57. The molecular weight excluding hydrogens is 314 g/mol. The highest BCUT2D eigenvalue weighted by atomic mass is 14.6. The number of hydrogen-bond acceptors (Lipinski definition) is 1. The molecular formula is C25H23N. The molecule has 0 saturated carbocycles. The molecule has 1 heterocycles. The van der Waals surface area contributed by atoms with Gasteiger partial charge in [-0.2, -0.15) is 0 Å². The molecule has 0 N–H and O–H groups in total. The van der Waals surface area contributed by atoms with E-state index in [1.54, 1.807) is 0 Å². The second-order valence-electron chi connectivity index (χ2n) is 7.21. The van der Waals surface area contributed by atoms with Crippen LogP contribution in [0.2, 0.25) is 0 Å². The van der Waals surface area contributed by atoms with Gasteiger partial charge in [0, 0.05) is 11.6 Å². The van der Waals surface area contributed by atoms with E-state index in [2.05, 4.69) is 86.4 Å². The largest absolute Gasteiger partial charge is 0.256 e. The highest BCUT2D eigenvalue weighted by Crippen LogP contribution is 2.33. The van der Waals surface area contributed by atoms with E-state index < -0.39 is 0 Å². The van der Waals surface area contributed by atoms with Gasteiger partial charge in [0.2, 0.25) is 0 Å². The van der Waals surface area contributed by atoms with Gasteiger partial charge < -0.3 is 0 Å². The fourth-order valence-corrected chi connectivity index (χ4v) is 3.57. The maximum atomic E-state index is 4.57. The summed E-state index contributed by atoms with van der Waals surface area (Å²) in [6, 6.07) is 24.3. The summed E-state index contributed by atoms with van der Waals surface area (Å²) in [7, 11) is 0. The Kier molecular flexibility index (Phi) is 4.30. The SMILES string of the molecule is Cc1ccc(Cc2ccc(C)cc2-c2cc(C)cc3ncccc23)cc1. The van der Waals surface area contributed by atoms with Crippen molar-refractivity contribution in [2.45, 2.75) is 27.2 Å². The summed E-state index contributed by atoms with van der Waals surface area (Å²) >= 11 is 0. The Morgan fingerprint density at radius 2 is 1.42 bits per heavy atom. The van der Waals surface area contributed by atoms with Gasteiger partial charge >= 0.3 is 0 Å². The van der Waals surface area contributed by atoms with E-state index in [0.717, 1.165) is 11.9 Å². The Balaban J connectivity index is 1.89. The number of pyridine rings is 1. The van der Waals surface area contributed by atoms with E-state index in [1.807, 2.05) is 12.3 Å². The molecule has 0 aliphatic carbocycles. The predicted molar refractivity (Wildman–Crippen MR) is 111 cm³/mol. The Bertz CT molecular complexity index is 1080. The van der Waals surface area contributed by atoms with Crippen molar-refractivity contribution in [1.29, 1.82) is 0 Å². The molecule has 0 atom stereocenters. The third-order valence-electron chi connectivity index (χ3n) is 4.94. The van der Waals surface area contributed by atoms with E-state index in [9.17, 15) is 0 Å². The van der Waals surface area contributed by atoms with Gasteiger partial charge in [-0.1, -0.05) is 65.7 Å². The van der Waals surface area contributed by atoms with E-state index in [0.29, 0.717) is 0 Å². The average molecular weight is 337 g/mol. The minimum atomic E-state index is 0.936. The van der Waals surface area contributed by atoms with Gasteiger partial charge in [-0.3, -0.25) is 4.98 Å². The van der Waals surface area contributed by atoms with Crippen LogP contribution in [-0.4, -0.2) is 4.98 Å². The lowest BCUT2D eigenvalue weighted by molar-refractivity contribution is 1.18. The number of fused-ring (bicyclic) bond motifs is 1. The van der Waals surface area contributed by atoms with Gasteiger partial charge in [-0.25, -0.2) is 0 Å². The Morgan fingerprint density at radius 3 is 2.23 bits per heavy atom. The van der Waals surface area contributed by atoms with E-state index in [-0.39, 0.29) is 0 Å². The lowest BCUT2D eigenvalue weighted by Gasteiger charge is -2.14. The number of nitrogens with zero attached hydrogens (tertiary/aromatic N) is 1. The highest BCUT2D eigenvalue weighted by Gasteiger charge is 2.11. The average Bonchev–Trinajstić information content (AvgIpc) is 2.64. The van der Waals surface area contributed by atoms with Crippen molar-refractivity contribution < 1.29 is 0 Å². The van der Waals surface area contributed by atoms with Gasteiger partial charge in [-0.05, 0) is 67.1 Å². The van der Waals surface area contributed by atoms with Crippen LogP contribution in [0, 0.1) is 20.8 Å². The van der Waals surface area contributed by atoms with Crippen molar-refractivity contribution in [3.63, 3.8) is 0 Å². The molecule has 4 rings (SSSR count). The molecule has 128 valence electrons. The van der Waals surface area contributed by atoms with Crippen LogP contribution in [0.4, 0.5) is 0 Å². The third-order valence-corrected chi connectivity index (χ3v) is 4.94. The normalized spacial score (nSPS) is 11.0. The summed E-state index contributed by atoms with van der Waals surface area (Å²) in [5, 5.41) is 1.22. The molecule has 26 heavy (non-hydrogen) atoms. The summed E-state index contributed by atoms with van der Waals surface area (Å²) in [4.78, 5) is 4.57. The molecule has 0 aliphatic heterocycles. The zero-order valence-corrected chi connectivity index (χ0v) is 15.6. The van der Waals surface area contributed by atoms with E-state index in [4.69, 9.17) is 0 Å². The maximum Gasteiger partial charge on any atom is 0.0710 e. The quantitative estimate of drug-likeness (QED) is 0.420. The topological polar surface area (TPSA) is 12.9 Å². The van der Waals surface area contributed by atoms with Crippen LogP contribution >= 0.6 is 0 Å². The molecule has 0 fully saturated rings. The number of aromatic nitrogens is 1.